The van der Waals surface area contributed by atoms with Crippen molar-refractivity contribution < 1.29 is 18.7 Å². The third kappa shape index (κ3) is 5.73. The lowest BCUT2D eigenvalue weighted by atomic mass is 9.98. The highest BCUT2D eigenvalue weighted by molar-refractivity contribution is 7.14. The Hall–Kier alpha value is -2.31. The van der Waals surface area contributed by atoms with Gasteiger partial charge < -0.3 is 9.47 Å². The van der Waals surface area contributed by atoms with Gasteiger partial charge in [-0.25, -0.2) is 9.38 Å². The van der Waals surface area contributed by atoms with Gasteiger partial charge in [0.05, 0.1) is 18.1 Å². The van der Waals surface area contributed by atoms with Crippen LogP contribution in [0.15, 0.2) is 40.9 Å². The first-order valence-electron chi connectivity index (χ1n) is 11.4. The molecule has 1 fully saturated rings. The number of benzene rings is 1. The van der Waals surface area contributed by atoms with Crippen molar-refractivity contribution >= 4 is 28.5 Å². The largest absolute Gasteiger partial charge is 0.488 e. The molecule has 0 saturated carbocycles. The van der Waals surface area contributed by atoms with Crippen LogP contribution >= 0.6 is 11.3 Å². The normalized spacial score (nSPS) is 19.3. The van der Waals surface area contributed by atoms with E-state index in [4.69, 9.17) is 14.5 Å². The highest BCUT2D eigenvalue weighted by Crippen LogP contribution is 2.34. The molecule has 1 saturated heterocycles. The number of thiophene rings is 1. The van der Waals surface area contributed by atoms with Gasteiger partial charge in [-0.05, 0) is 64.2 Å². The molecule has 1 aromatic heterocycles. The predicted octanol–water partition coefficient (Wildman–Crippen LogP) is 6.83. The van der Waals surface area contributed by atoms with Crippen molar-refractivity contribution in [3.63, 3.8) is 0 Å². The van der Waals surface area contributed by atoms with Gasteiger partial charge in [-0.1, -0.05) is 11.6 Å². The third-order valence-corrected chi connectivity index (χ3v) is 7.26. The van der Waals surface area contributed by atoms with Crippen molar-refractivity contribution in [3.8, 4) is 5.75 Å². The summed E-state index contributed by atoms with van der Waals surface area (Å²) in [6.45, 7) is 5.10. The third-order valence-electron chi connectivity index (χ3n) is 5.96. The lowest BCUT2D eigenvalue weighted by Crippen LogP contribution is -2.25. The predicted molar refractivity (Wildman–Crippen MR) is 127 cm³/mol. The number of aliphatic imine (C=N–C) groups is 1. The monoisotopic (exact) mass is 455 g/mol. The van der Waals surface area contributed by atoms with E-state index in [2.05, 4.69) is 13.0 Å². The molecular formula is C26H30FNO3S. The number of ketones is 1. The first-order valence-corrected chi connectivity index (χ1v) is 12.2. The molecule has 170 valence electrons. The Morgan fingerprint density at radius 2 is 2.00 bits per heavy atom. The lowest BCUT2D eigenvalue weighted by Gasteiger charge is -2.24. The minimum absolute atomic E-state index is 0.00248. The van der Waals surface area contributed by atoms with Crippen molar-refractivity contribution in [3.05, 3.63) is 57.0 Å². The summed E-state index contributed by atoms with van der Waals surface area (Å²) in [5.74, 6) is 0.216. The summed E-state index contributed by atoms with van der Waals surface area (Å²) in [5, 5.41) is 0. The average Bonchev–Trinajstić information content (AvgIpc) is 3.21. The molecule has 4 nitrogen and oxygen atoms in total. The van der Waals surface area contributed by atoms with Crippen LogP contribution in [0, 0.1) is 5.82 Å². The Morgan fingerprint density at radius 3 is 2.78 bits per heavy atom. The fourth-order valence-electron chi connectivity index (χ4n) is 4.11. The summed E-state index contributed by atoms with van der Waals surface area (Å²) >= 11 is 1.57. The van der Waals surface area contributed by atoms with Crippen LogP contribution in [0.2, 0.25) is 0 Å². The molecule has 0 unspecified atom stereocenters. The van der Waals surface area contributed by atoms with Gasteiger partial charge in [-0.2, -0.15) is 0 Å². The maximum absolute atomic E-state index is 14.1. The van der Waals surface area contributed by atoms with Crippen LogP contribution in [0.25, 0.3) is 0 Å². The van der Waals surface area contributed by atoms with Crippen LogP contribution in [-0.2, 0) is 11.2 Å². The molecule has 2 heterocycles. The van der Waals surface area contributed by atoms with Crippen molar-refractivity contribution in [2.75, 3.05) is 13.2 Å². The van der Waals surface area contributed by atoms with E-state index < -0.39 is 0 Å². The van der Waals surface area contributed by atoms with Gasteiger partial charge in [0.1, 0.15) is 23.4 Å². The zero-order valence-corrected chi connectivity index (χ0v) is 19.6. The lowest BCUT2D eigenvalue weighted by molar-refractivity contribution is 0.0257. The van der Waals surface area contributed by atoms with Crippen molar-refractivity contribution in [1.82, 2.24) is 0 Å². The number of halogens is 1. The van der Waals surface area contributed by atoms with Gasteiger partial charge in [-0.15, -0.1) is 11.3 Å². The Morgan fingerprint density at radius 1 is 1.19 bits per heavy atom. The zero-order chi connectivity index (χ0) is 22.5. The van der Waals surface area contributed by atoms with Gasteiger partial charge >= 0.3 is 0 Å². The number of Topliss-reactive ketones (excluding diaryl/α,β-unsaturated/α-hetero) is 1. The summed E-state index contributed by atoms with van der Waals surface area (Å²) in [4.78, 5) is 19.1. The minimum Gasteiger partial charge on any atom is -0.488 e. The van der Waals surface area contributed by atoms with Crippen LogP contribution < -0.4 is 4.74 Å². The molecule has 1 aliphatic heterocycles. The van der Waals surface area contributed by atoms with Crippen LogP contribution in [0.4, 0.5) is 10.1 Å². The van der Waals surface area contributed by atoms with Crippen molar-refractivity contribution in [2.24, 2.45) is 4.99 Å². The van der Waals surface area contributed by atoms with Crippen LogP contribution in [0.1, 0.15) is 72.5 Å². The first-order chi connectivity index (χ1) is 15.5. The van der Waals surface area contributed by atoms with Crippen LogP contribution in [0.5, 0.6) is 5.75 Å². The van der Waals surface area contributed by atoms with E-state index in [0.29, 0.717) is 24.7 Å². The van der Waals surface area contributed by atoms with E-state index in [1.54, 1.807) is 24.3 Å². The summed E-state index contributed by atoms with van der Waals surface area (Å²) in [7, 11) is 0. The number of allylic oxidation sites excluding steroid dienone is 2. The average molecular weight is 456 g/mol. The summed E-state index contributed by atoms with van der Waals surface area (Å²) < 4.78 is 25.7. The Kier molecular flexibility index (Phi) is 7.53. The van der Waals surface area contributed by atoms with Crippen LogP contribution in [0.3, 0.4) is 0 Å². The number of fused-ring (bicyclic) bond motifs is 1. The Balaban J connectivity index is 1.72. The molecule has 1 aliphatic carbocycles. The van der Waals surface area contributed by atoms with Crippen molar-refractivity contribution in [2.45, 2.75) is 64.9 Å². The maximum Gasteiger partial charge on any atom is 0.169 e. The second kappa shape index (κ2) is 10.5. The molecule has 1 aromatic carbocycles. The number of aryl methyl sites for hydroxylation is 1. The highest BCUT2D eigenvalue weighted by Gasteiger charge is 2.20. The standard InChI is InChI=1S/C26H30FNO3S/c1-17-5-3-4-6-22(21-16-26(18(2)29)32-25(21)10-7-17)28-23-9-8-19(27)15-24(23)31-20-11-13-30-14-12-20/h5,8-9,15-16,20H,3-4,6-7,10-14H2,1-2H3. The maximum atomic E-state index is 14.1. The van der Waals surface area contributed by atoms with Crippen molar-refractivity contribution in [1.29, 1.82) is 0 Å². The van der Waals surface area contributed by atoms with Gasteiger partial charge in [0.15, 0.2) is 5.78 Å². The molecule has 2 aromatic rings. The van der Waals surface area contributed by atoms with E-state index in [1.807, 2.05) is 6.07 Å². The molecule has 6 heteroatoms. The summed E-state index contributed by atoms with van der Waals surface area (Å²) in [6, 6.07) is 6.54. The molecule has 0 atom stereocenters. The topological polar surface area (TPSA) is 47.9 Å². The van der Waals surface area contributed by atoms with E-state index in [1.165, 1.54) is 22.6 Å². The molecule has 0 bridgehead atoms. The number of rotatable bonds is 4. The molecule has 0 spiro atoms. The first kappa shape index (κ1) is 22.9. The van der Waals surface area contributed by atoms with Gasteiger partial charge in [0.2, 0.25) is 0 Å². The van der Waals surface area contributed by atoms with Gasteiger partial charge in [-0.3, -0.25) is 4.79 Å². The van der Waals surface area contributed by atoms with Gasteiger partial charge in [0, 0.05) is 35.1 Å². The number of hydrogen-bond acceptors (Lipinski definition) is 5. The number of nitrogens with zero attached hydrogens (tertiary/aromatic N) is 1. The molecule has 2 aliphatic rings. The molecule has 0 N–H and O–H groups in total. The molecular weight excluding hydrogens is 425 g/mol. The second-order valence-corrected chi connectivity index (χ2v) is 9.68. The molecule has 4 rings (SSSR count). The van der Waals surface area contributed by atoms with Gasteiger partial charge in [0.25, 0.3) is 0 Å². The molecule has 0 radical (unpaired) electrons. The SMILES string of the molecule is CC(=O)c1cc2c(s1)CCC(C)=CCCCC2=Nc1ccc(F)cc1OC1CCOCC1. The smallest absolute Gasteiger partial charge is 0.169 e. The van der Waals surface area contributed by atoms with E-state index in [-0.39, 0.29) is 17.7 Å². The van der Waals surface area contributed by atoms with E-state index in [9.17, 15) is 9.18 Å². The number of hydrogen-bond donors (Lipinski definition) is 0. The fourth-order valence-corrected chi connectivity index (χ4v) is 5.18. The summed E-state index contributed by atoms with van der Waals surface area (Å²) in [6.07, 6.45) is 8.51. The number of ether oxygens (including phenoxy) is 2. The highest BCUT2D eigenvalue weighted by atomic mass is 32.1. The fraction of sp³-hybridized carbons (Fsp3) is 0.462. The Bertz CT molecular complexity index is 1030. The number of carbonyl (C=O) groups excluding carboxylic acids is 1. The summed E-state index contributed by atoms with van der Waals surface area (Å²) in [5.41, 5.74) is 4.02. The zero-order valence-electron chi connectivity index (χ0n) is 18.8. The van der Waals surface area contributed by atoms with E-state index >= 15 is 0 Å². The molecule has 0 amide bonds. The molecule has 32 heavy (non-hydrogen) atoms. The number of carbonyl (C=O) groups is 1. The Labute approximate surface area is 193 Å². The minimum atomic E-state index is -0.335. The van der Waals surface area contributed by atoms with Crippen LogP contribution in [-0.4, -0.2) is 30.8 Å². The van der Waals surface area contributed by atoms with E-state index in [0.717, 1.165) is 61.1 Å². The second-order valence-electron chi connectivity index (χ2n) is 8.55. The quantitative estimate of drug-likeness (QED) is 0.375.